The smallest absolute Gasteiger partial charge is 0.144 e. The van der Waals surface area contributed by atoms with E-state index in [1.54, 1.807) is 10.9 Å². The molecule has 0 saturated carbocycles. The molecule has 0 bridgehead atoms. The highest BCUT2D eigenvalue weighted by molar-refractivity contribution is 5.32. The fourth-order valence-corrected chi connectivity index (χ4v) is 2.71. The van der Waals surface area contributed by atoms with Crippen LogP contribution >= 0.6 is 0 Å². The van der Waals surface area contributed by atoms with Gasteiger partial charge in [0.05, 0.1) is 6.20 Å². The zero-order valence-corrected chi connectivity index (χ0v) is 11.9. The summed E-state index contributed by atoms with van der Waals surface area (Å²) in [6, 6.07) is 11.2. The van der Waals surface area contributed by atoms with Crippen LogP contribution in [0.4, 0.5) is 5.82 Å². The van der Waals surface area contributed by atoms with E-state index in [4.69, 9.17) is 0 Å². The number of hydrogen-bond acceptors (Lipinski definition) is 4. The van der Waals surface area contributed by atoms with Crippen molar-refractivity contribution in [3.63, 3.8) is 0 Å². The summed E-state index contributed by atoms with van der Waals surface area (Å²) in [5.41, 5.74) is 1.40. The first-order valence-corrected chi connectivity index (χ1v) is 7.19. The fraction of sp³-hybridized carbons (Fsp3) is 0.467. The van der Waals surface area contributed by atoms with E-state index in [1.165, 1.54) is 5.56 Å². The number of likely N-dealkylation sites (tertiary alicyclic amines) is 1. The first-order chi connectivity index (χ1) is 9.81. The molecule has 0 atom stereocenters. The topological polar surface area (TPSA) is 46.0 Å². The van der Waals surface area contributed by atoms with Crippen LogP contribution in [0.15, 0.2) is 36.5 Å². The quantitative estimate of drug-likeness (QED) is 0.922. The average molecular weight is 271 g/mol. The summed E-state index contributed by atoms with van der Waals surface area (Å²) < 4.78 is 1.79. The van der Waals surface area contributed by atoms with E-state index in [2.05, 4.69) is 50.9 Å². The third-order valence-electron chi connectivity index (χ3n) is 3.90. The number of aryl methyl sites for hydroxylation is 1. The standard InChI is InChI=1S/C15H21N5/c1-19-15(11-16-18-19)17-14-7-9-20(10-8-14)12-13-5-3-2-4-6-13/h2-6,11,14,17H,7-10,12H2,1H3. The van der Waals surface area contributed by atoms with Crippen molar-refractivity contribution in [1.82, 2.24) is 19.9 Å². The van der Waals surface area contributed by atoms with Gasteiger partial charge in [0.2, 0.25) is 0 Å². The van der Waals surface area contributed by atoms with Gasteiger partial charge in [-0.25, -0.2) is 4.68 Å². The summed E-state index contributed by atoms with van der Waals surface area (Å²) in [4.78, 5) is 2.52. The maximum atomic E-state index is 3.95. The van der Waals surface area contributed by atoms with Crippen molar-refractivity contribution in [1.29, 1.82) is 0 Å². The van der Waals surface area contributed by atoms with E-state index in [1.807, 2.05) is 7.05 Å². The molecule has 1 aliphatic heterocycles. The molecule has 1 fully saturated rings. The highest BCUT2D eigenvalue weighted by atomic mass is 15.4. The van der Waals surface area contributed by atoms with Crippen LogP contribution in [0.3, 0.4) is 0 Å². The minimum absolute atomic E-state index is 0.527. The highest BCUT2D eigenvalue weighted by Crippen LogP contribution is 2.17. The fourth-order valence-electron chi connectivity index (χ4n) is 2.71. The van der Waals surface area contributed by atoms with Crippen molar-refractivity contribution in [3.8, 4) is 0 Å². The van der Waals surface area contributed by atoms with Gasteiger partial charge in [0.1, 0.15) is 5.82 Å². The molecular formula is C15H21N5. The van der Waals surface area contributed by atoms with Crippen LogP contribution < -0.4 is 5.32 Å². The second-order valence-electron chi connectivity index (χ2n) is 5.42. The zero-order valence-electron chi connectivity index (χ0n) is 11.9. The largest absolute Gasteiger partial charge is 0.366 e. The maximum absolute atomic E-state index is 3.95. The van der Waals surface area contributed by atoms with Gasteiger partial charge in [0, 0.05) is 32.7 Å². The number of nitrogens with zero attached hydrogens (tertiary/aromatic N) is 4. The molecule has 0 spiro atoms. The summed E-state index contributed by atoms with van der Waals surface area (Å²) in [6.45, 7) is 3.33. The van der Waals surface area contributed by atoms with Crippen molar-refractivity contribution in [2.75, 3.05) is 18.4 Å². The summed E-state index contributed by atoms with van der Waals surface area (Å²) in [5.74, 6) is 1.01. The Morgan fingerprint density at radius 3 is 2.60 bits per heavy atom. The zero-order chi connectivity index (χ0) is 13.8. The SMILES string of the molecule is Cn1nncc1NC1CCN(Cc2ccccc2)CC1. The van der Waals surface area contributed by atoms with E-state index < -0.39 is 0 Å². The third kappa shape index (κ3) is 3.17. The molecule has 1 saturated heterocycles. The predicted molar refractivity (Wildman–Crippen MR) is 79.4 cm³/mol. The molecule has 0 radical (unpaired) electrons. The lowest BCUT2D eigenvalue weighted by Crippen LogP contribution is -2.38. The summed E-state index contributed by atoms with van der Waals surface area (Å²) >= 11 is 0. The van der Waals surface area contributed by atoms with E-state index in [9.17, 15) is 0 Å². The maximum Gasteiger partial charge on any atom is 0.144 e. The second kappa shape index (κ2) is 6.05. The van der Waals surface area contributed by atoms with Crippen LogP contribution in [0.5, 0.6) is 0 Å². The molecule has 0 aliphatic carbocycles. The van der Waals surface area contributed by atoms with Crippen LogP contribution in [0.25, 0.3) is 0 Å². The molecule has 20 heavy (non-hydrogen) atoms. The molecule has 2 heterocycles. The lowest BCUT2D eigenvalue weighted by Gasteiger charge is -2.32. The Hall–Kier alpha value is -1.88. The Morgan fingerprint density at radius 1 is 1.20 bits per heavy atom. The summed E-state index contributed by atoms with van der Waals surface area (Å²) in [6.07, 6.45) is 4.12. The first-order valence-electron chi connectivity index (χ1n) is 7.19. The van der Waals surface area contributed by atoms with Gasteiger partial charge in [-0.15, -0.1) is 5.10 Å². The molecule has 3 rings (SSSR count). The van der Waals surface area contributed by atoms with Gasteiger partial charge < -0.3 is 5.32 Å². The van der Waals surface area contributed by atoms with Crippen LogP contribution in [0.2, 0.25) is 0 Å². The molecule has 0 amide bonds. The molecule has 1 aromatic heterocycles. The van der Waals surface area contributed by atoms with Gasteiger partial charge in [-0.3, -0.25) is 4.90 Å². The van der Waals surface area contributed by atoms with Gasteiger partial charge in [-0.05, 0) is 18.4 Å². The van der Waals surface area contributed by atoms with Crippen LogP contribution in [-0.2, 0) is 13.6 Å². The van der Waals surface area contributed by atoms with Crippen molar-refractivity contribution in [3.05, 3.63) is 42.1 Å². The van der Waals surface area contributed by atoms with Gasteiger partial charge in [-0.2, -0.15) is 0 Å². The number of nitrogens with one attached hydrogen (secondary N) is 1. The lowest BCUT2D eigenvalue weighted by molar-refractivity contribution is 0.211. The Bertz CT molecular complexity index is 528. The van der Waals surface area contributed by atoms with Crippen LogP contribution in [0, 0.1) is 0 Å². The Kier molecular flexibility index (Phi) is 3.97. The number of benzene rings is 1. The molecule has 0 unspecified atom stereocenters. The van der Waals surface area contributed by atoms with Crippen LogP contribution in [0.1, 0.15) is 18.4 Å². The van der Waals surface area contributed by atoms with Crippen molar-refractivity contribution in [2.24, 2.45) is 7.05 Å². The van der Waals surface area contributed by atoms with Gasteiger partial charge >= 0.3 is 0 Å². The highest BCUT2D eigenvalue weighted by Gasteiger charge is 2.19. The Balaban J connectivity index is 1.49. The molecule has 1 N–H and O–H groups in total. The normalized spacial score (nSPS) is 17.2. The van der Waals surface area contributed by atoms with E-state index >= 15 is 0 Å². The molecule has 2 aromatic rings. The minimum atomic E-state index is 0.527. The third-order valence-corrected chi connectivity index (χ3v) is 3.90. The Labute approximate surface area is 119 Å². The van der Waals surface area contributed by atoms with E-state index in [-0.39, 0.29) is 0 Å². The van der Waals surface area contributed by atoms with Gasteiger partial charge in [-0.1, -0.05) is 35.5 Å². The molecular weight excluding hydrogens is 250 g/mol. The monoisotopic (exact) mass is 271 g/mol. The predicted octanol–water partition coefficient (Wildman–Crippen LogP) is 1.89. The summed E-state index contributed by atoms with van der Waals surface area (Å²) in [7, 11) is 1.92. The lowest BCUT2D eigenvalue weighted by atomic mass is 10.0. The number of hydrogen-bond donors (Lipinski definition) is 1. The summed E-state index contributed by atoms with van der Waals surface area (Å²) in [5, 5.41) is 11.4. The number of aromatic nitrogens is 3. The number of rotatable bonds is 4. The second-order valence-corrected chi connectivity index (χ2v) is 5.42. The Morgan fingerprint density at radius 2 is 1.95 bits per heavy atom. The minimum Gasteiger partial charge on any atom is -0.366 e. The van der Waals surface area contributed by atoms with Crippen LogP contribution in [-0.4, -0.2) is 39.0 Å². The van der Waals surface area contributed by atoms with Gasteiger partial charge in [0.25, 0.3) is 0 Å². The first kappa shape index (κ1) is 13.1. The van der Waals surface area contributed by atoms with Crippen molar-refractivity contribution >= 4 is 5.82 Å². The molecule has 5 nitrogen and oxygen atoms in total. The molecule has 1 aromatic carbocycles. The number of piperidine rings is 1. The molecule has 106 valence electrons. The van der Waals surface area contributed by atoms with E-state index in [0.717, 1.165) is 38.3 Å². The van der Waals surface area contributed by atoms with Crippen molar-refractivity contribution in [2.45, 2.75) is 25.4 Å². The van der Waals surface area contributed by atoms with Gasteiger partial charge in [0.15, 0.2) is 0 Å². The molecule has 5 heteroatoms. The van der Waals surface area contributed by atoms with Crippen molar-refractivity contribution < 1.29 is 0 Å². The molecule has 1 aliphatic rings. The average Bonchev–Trinajstić information content (AvgIpc) is 2.88. The van der Waals surface area contributed by atoms with E-state index in [0.29, 0.717) is 6.04 Å². The number of anilines is 1.